The lowest BCUT2D eigenvalue weighted by Crippen LogP contribution is -2.42. The Morgan fingerprint density at radius 3 is 2.92 bits per heavy atom. The molecule has 2 heterocycles. The van der Waals surface area contributed by atoms with Gasteiger partial charge < -0.3 is 10.2 Å². The average molecular weight is 361 g/mol. The van der Waals surface area contributed by atoms with E-state index in [1.54, 1.807) is 28.0 Å². The van der Waals surface area contributed by atoms with Crippen LogP contribution >= 0.6 is 23.1 Å². The van der Waals surface area contributed by atoms with E-state index >= 15 is 0 Å². The third-order valence-corrected chi connectivity index (χ3v) is 6.40. The molecule has 0 atom stereocenters. The van der Waals surface area contributed by atoms with Gasteiger partial charge >= 0.3 is 0 Å². The number of rotatable bonds is 5. The topological polar surface area (TPSA) is 49.4 Å². The number of fused-ring (bicyclic) bond motifs is 1. The first kappa shape index (κ1) is 17.0. The predicted molar refractivity (Wildman–Crippen MR) is 99.8 cm³/mol. The number of hydrogen-bond donors (Lipinski definition) is 1. The molecule has 6 heteroatoms. The average Bonchev–Trinajstić information content (AvgIpc) is 2.99. The molecule has 1 aliphatic rings. The van der Waals surface area contributed by atoms with E-state index < -0.39 is 0 Å². The standard InChI is InChI=1S/C18H20N2O2S2/c1-3-14-8-15-18(24-14)23-11-17(22)20(15)10-16(21)19-9-13-6-4-5-12(2)7-13/h4-8H,3,9-11H2,1-2H3,(H,19,21). The van der Waals surface area contributed by atoms with Crippen molar-refractivity contribution in [2.24, 2.45) is 0 Å². The zero-order valence-corrected chi connectivity index (χ0v) is 15.4. The number of thiophene rings is 1. The molecule has 4 nitrogen and oxygen atoms in total. The number of thioether (sulfide) groups is 1. The lowest BCUT2D eigenvalue weighted by Gasteiger charge is -2.25. The summed E-state index contributed by atoms with van der Waals surface area (Å²) in [6, 6.07) is 10.1. The lowest BCUT2D eigenvalue weighted by atomic mass is 10.1. The lowest BCUT2D eigenvalue weighted by molar-refractivity contribution is -0.123. The molecule has 1 aromatic heterocycles. The summed E-state index contributed by atoms with van der Waals surface area (Å²) in [6.45, 7) is 4.69. The minimum Gasteiger partial charge on any atom is -0.350 e. The predicted octanol–water partition coefficient (Wildman–Crippen LogP) is 3.37. The maximum atomic E-state index is 12.3. The minimum absolute atomic E-state index is 0.00124. The van der Waals surface area contributed by atoms with Gasteiger partial charge in [-0.15, -0.1) is 23.1 Å². The fraction of sp³-hybridized carbons (Fsp3) is 0.333. The number of benzene rings is 1. The molecule has 1 aromatic carbocycles. The van der Waals surface area contributed by atoms with E-state index in [9.17, 15) is 9.59 Å². The van der Waals surface area contributed by atoms with Crippen LogP contribution in [0, 0.1) is 6.92 Å². The monoisotopic (exact) mass is 360 g/mol. The first-order valence-electron chi connectivity index (χ1n) is 7.95. The molecule has 1 aliphatic heterocycles. The van der Waals surface area contributed by atoms with Crippen molar-refractivity contribution in [1.82, 2.24) is 5.32 Å². The van der Waals surface area contributed by atoms with Crippen molar-refractivity contribution in [2.75, 3.05) is 17.2 Å². The van der Waals surface area contributed by atoms with Crippen LogP contribution in [0.1, 0.15) is 22.9 Å². The summed E-state index contributed by atoms with van der Waals surface area (Å²) in [4.78, 5) is 27.4. The zero-order valence-electron chi connectivity index (χ0n) is 13.8. The second kappa shape index (κ2) is 7.40. The summed E-state index contributed by atoms with van der Waals surface area (Å²) >= 11 is 3.29. The smallest absolute Gasteiger partial charge is 0.240 e. The zero-order chi connectivity index (χ0) is 17.1. The van der Waals surface area contributed by atoms with E-state index in [-0.39, 0.29) is 18.4 Å². The quantitative estimate of drug-likeness (QED) is 0.889. The van der Waals surface area contributed by atoms with E-state index in [1.807, 2.05) is 37.3 Å². The fourth-order valence-electron chi connectivity index (χ4n) is 2.61. The third-order valence-electron chi connectivity index (χ3n) is 3.87. The van der Waals surface area contributed by atoms with Crippen molar-refractivity contribution < 1.29 is 9.59 Å². The van der Waals surface area contributed by atoms with E-state index in [4.69, 9.17) is 0 Å². The molecular formula is C18H20N2O2S2. The Hall–Kier alpha value is -1.79. The van der Waals surface area contributed by atoms with Gasteiger partial charge in [0.25, 0.3) is 0 Å². The molecule has 0 radical (unpaired) electrons. The van der Waals surface area contributed by atoms with Crippen LogP contribution in [0.15, 0.2) is 34.5 Å². The molecule has 2 amide bonds. The largest absolute Gasteiger partial charge is 0.350 e. The number of nitrogens with zero attached hydrogens (tertiary/aromatic N) is 1. The first-order chi connectivity index (χ1) is 11.6. The fourth-order valence-corrected chi connectivity index (χ4v) is 4.90. The summed E-state index contributed by atoms with van der Waals surface area (Å²) < 4.78 is 1.14. The molecule has 0 spiro atoms. The first-order valence-corrected chi connectivity index (χ1v) is 9.75. The van der Waals surface area contributed by atoms with Crippen LogP contribution in [0.5, 0.6) is 0 Å². The summed E-state index contributed by atoms with van der Waals surface area (Å²) in [7, 11) is 0. The minimum atomic E-state index is -0.132. The van der Waals surface area contributed by atoms with Gasteiger partial charge in [-0.25, -0.2) is 0 Å². The van der Waals surface area contributed by atoms with Crippen LogP contribution in [0.3, 0.4) is 0 Å². The van der Waals surface area contributed by atoms with Crippen molar-refractivity contribution in [2.45, 2.75) is 31.0 Å². The van der Waals surface area contributed by atoms with Gasteiger partial charge in [0.15, 0.2) is 0 Å². The Kier molecular flexibility index (Phi) is 5.26. The van der Waals surface area contributed by atoms with Gasteiger partial charge in [-0.2, -0.15) is 0 Å². The molecular weight excluding hydrogens is 340 g/mol. The second-order valence-corrected chi connectivity index (χ2v) is 8.15. The molecule has 0 unspecified atom stereocenters. The van der Waals surface area contributed by atoms with Crippen LogP contribution in [-0.4, -0.2) is 24.1 Å². The Morgan fingerprint density at radius 2 is 2.17 bits per heavy atom. The van der Waals surface area contributed by atoms with Gasteiger partial charge in [-0.1, -0.05) is 36.8 Å². The van der Waals surface area contributed by atoms with Crippen molar-refractivity contribution in [3.8, 4) is 0 Å². The van der Waals surface area contributed by atoms with Crippen LogP contribution in [-0.2, 0) is 22.6 Å². The van der Waals surface area contributed by atoms with Gasteiger partial charge in [-0.3, -0.25) is 9.59 Å². The van der Waals surface area contributed by atoms with Crippen LogP contribution in [0.4, 0.5) is 5.69 Å². The van der Waals surface area contributed by atoms with Gasteiger partial charge in [0.2, 0.25) is 11.8 Å². The number of anilines is 1. The summed E-state index contributed by atoms with van der Waals surface area (Å²) in [5.74, 6) is 0.271. The van der Waals surface area contributed by atoms with Gasteiger partial charge in [0.05, 0.1) is 15.6 Å². The molecule has 24 heavy (non-hydrogen) atoms. The van der Waals surface area contributed by atoms with E-state index in [2.05, 4.69) is 12.2 Å². The van der Waals surface area contributed by atoms with Crippen LogP contribution in [0.2, 0.25) is 0 Å². The van der Waals surface area contributed by atoms with E-state index in [0.29, 0.717) is 12.3 Å². The molecule has 0 saturated heterocycles. The SMILES string of the molecule is CCc1cc2c(s1)SCC(=O)N2CC(=O)NCc1cccc(C)c1. The van der Waals surface area contributed by atoms with Crippen molar-refractivity contribution in [1.29, 1.82) is 0 Å². The molecule has 0 bridgehead atoms. The summed E-state index contributed by atoms with van der Waals surface area (Å²) in [5, 5.41) is 2.91. The molecule has 126 valence electrons. The highest BCUT2D eigenvalue weighted by Crippen LogP contribution is 2.42. The number of hydrogen-bond acceptors (Lipinski definition) is 4. The second-order valence-electron chi connectivity index (χ2n) is 5.77. The highest BCUT2D eigenvalue weighted by Gasteiger charge is 2.28. The number of carbonyl (C=O) groups is 2. The van der Waals surface area contributed by atoms with Gasteiger partial charge in [-0.05, 0) is 25.0 Å². The number of carbonyl (C=O) groups excluding carboxylic acids is 2. The highest BCUT2D eigenvalue weighted by molar-refractivity contribution is 8.02. The molecule has 1 N–H and O–H groups in total. The number of amides is 2. The van der Waals surface area contributed by atoms with Crippen LogP contribution < -0.4 is 10.2 Å². The third kappa shape index (κ3) is 3.82. The van der Waals surface area contributed by atoms with Gasteiger partial charge in [0, 0.05) is 11.4 Å². The Balaban J connectivity index is 1.65. The van der Waals surface area contributed by atoms with Crippen LogP contribution in [0.25, 0.3) is 0 Å². The van der Waals surface area contributed by atoms with E-state index in [0.717, 1.165) is 21.9 Å². The molecule has 0 aliphatic carbocycles. The normalized spacial score (nSPS) is 13.8. The maximum absolute atomic E-state index is 12.3. The van der Waals surface area contributed by atoms with Crippen molar-refractivity contribution >= 4 is 40.6 Å². The number of nitrogens with one attached hydrogen (secondary N) is 1. The van der Waals surface area contributed by atoms with Crippen molar-refractivity contribution in [3.63, 3.8) is 0 Å². The van der Waals surface area contributed by atoms with Crippen molar-refractivity contribution in [3.05, 3.63) is 46.3 Å². The summed E-state index contributed by atoms with van der Waals surface area (Å²) in [6.07, 6.45) is 0.944. The van der Waals surface area contributed by atoms with Gasteiger partial charge in [0.1, 0.15) is 6.54 Å². The molecule has 0 saturated carbocycles. The molecule has 3 rings (SSSR count). The number of aryl methyl sites for hydroxylation is 2. The summed E-state index contributed by atoms with van der Waals surface area (Å²) in [5.41, 5.74) is 3.12. The molecule has 0 fully saturated rings. The molecule has 2 aromatic rings. The Morgan fingerprint density at radius 1 is 1.33 bits per heavy atom. The Labute approximate surface area is 150 Å². The Bertz CT molecular complexity index is 770. The maximum Gasteiger partial charge on any atom is 0.240 e. The highest BCUT2D eigenvalue weighted by atomic mass is 32.2. The van der Waals surface area contributed by atoms with E-state index in [1.165, 1.54) is 10.4 Å².